The van der Waals surface area contributed by atoms with Crippen molar-refractivity contribution in [3.05, 3.63) is 78.4 Å². The van der Waals surface area contributed by atoms with E-state index in [9.17, 15) is 0 Å². The van der Waals surface area contributed by atoms with Gasteiger partial charge in [0.25, 0.3) is 0 Å². The van der Waals surface area contributed by atoms with Crippen molar-refractivity contribution in [2.24, 2.45) is 5.92 Å². The molecule has 5 rings (SSSR count). The second-order valence-corrected chi connectivity index (χ2v) is 8.95. The van der Waals surface area contributed by atoms with E-state index in [0.717, 1.165) is 59.2 Å². The number of imidazole rings is 1. The summed E-state index contributed by atoms with van der Waals surface area (Å²) in [6.07, 6.45) is 6.04. The number of nitrogens with two attached hydrogens (primary N) is 1. The van der Waals surface area contributed by atoms with E-state index >= 15 is 0 Å². The topological polar surface area (TPSA) is 68.7 Å². The molecular formula is C26H29N5O. The van der Waals surface area contributed by atoms with Crippen LogP contribution < -0.4 is 10.5 Å². The summed E-state index contributed by atoms with van der Waals surface area (Å²) in [4.78, 5) is 11.7. The Labute approximate surface area is 188 Å². The third-order valence-corrected chi connectivity index (χ3v) is 6.19. The summed E-state index contributed by atoms with van der Waals surface area (Å²) >= 11 is 0. The fourth-order valence-electron chi connectivity index (χ4n) is 4.66. The molecule has 1 saturated carbocycles. The number of hydrogen-bond donors (Lipinski definition) is 1. The maximum absolute atomic E-state index is 6.32. The van der Waals surface area contributed by atoms with Gasteiger partial charge < -0.3 is 15.4 Å². The number of aromatic nitrogens is 3. The molecule has 2 heterocycles. The minimum Gasteiger partial charge on any atom is -0.489 e. The van der Waals surface area contributed by atoms with Gasteiger partial charge in [0.1, 0.15) is 35.2 Å². The van der Waals surface area contributed by atoms with E-state index in [0.29, 0.717) is 18.3 Å². The van der Waals surface area contributed by atoms with Gasteiger partial charge in [-0.05, 0) is 50.6 Å². The highest BCUT2D eigenvalue weighted by molar-refractivity contribution is 5.85. The van der Waals surface area contributed by atoms with Crippen LogP contribution in [0.1, 0.15) is 30.1 Å². The van der Waals surface area contributed by atoms with E-state index < -0.39 is 0 Å². The van der Waals surface area contributed by atoms with Gasteiger partial charge in [0.15, 0.2) is 0 Å². The highest BCUT2D eigenvalue weighted by atomic mass is 16.5. The zero-order valence-corrected chi connectivity index (χ0v) is 18.6. The number of benzene rings is 2. The van der Waals surface area contributed by atoms with Crippen molar-refractivity contribution in [3.63, 3.8) is 0 Å². The Morgan fingerprint density at radius 2 is 1.91 bits per heavy atom. The first kappa shape index (κ1) is 20.5. The molecule has 6 heteroatoms. The van der Waals surface area contributed by atoms with Gasteiger partial charge in [-0.25, -0.2) is 9.97 Å². The first-order valence-corrected chi connectivity index (χ1v) is 11.1. The summed E-state index contributed by atoms with van der Waals surface area (Å²) in [7, 11) is 4.27. The molecule has 0 saturated heterocycles. The molecule has 2 aromatic heterocycles. The highest BCUT2D eigenvalue weighted by Crippen LogP contribution is 2.43. The average Bonchev–Trinajstić information content (AvgIpc) is 3.16. The number of rotatable bonds is 7. The van der Waals surface area contributed by atoms with Gasteiger partial charge in [0.05, 0.1) is 0 Å². The molecule has 6 nitrogen and oxygen atoms in total. The summed E-state index contributed by atoms with van der Waals surface area (Å²) in [5.74, 6) is 3.56. The zero-order chi connectivity index (χ0) is 22.1. The van der Waals surface area contributed by atoms with Crippen LogP contribution in [0.5, 0.6) is 5.75 Å². The van der Waals surface area contributed by atoms with Crippen LogP contribution in [0.15, 0.2) is 67.0 Å². The van der Waals surface area contributed by atoms with Crippen LogP contribution in [-0.2, 0) is 6.61 Å². The lowest BCUT2D eigenvalue weighted by Gasteiger charge is -2.36. The third-order valence-electron chi connectivity index (χ3n) is 6.19. The Bertz CT molecular complexity index is 1210. The van der Waals surface area contributed by atoms with Gasteiger partial charge in [0, 0.05) is 30.4 Å². The largest absolute Gasteiger partial charge is 0.489 e. The molecular weight excluding hydrogens is 398 g/mol. The van der Waals surface area contributed by atoms with Crippen molar-refractivity contribution in [1.82, 2.24) is 19.3 Å². The van der Waals surface area contributed by atoms with Crippen molar-refractivity contribution in [2.75, 3.05) is 26.4 Å². The molecule has 0 aliphatic heterocycles. The van der Waals surface area contributed by atoms with E-state index in [-0.39, 0.29) is 0 Å². The van der Waals surface area contributed by atoms with Crippen molar-refractivity contribution in [2.45, 2.75) is 25.4 Å². The van der Waals surface area contributed by atoms with Gasteiger partial charge in [-0.15, -0.1) is 0 Å². The van der Waals surface area contributed by atoms with Crippen molar-refractivity contribution in [3.8, 4) is 17.0 Å². The van der Waals surface area contributed by atoms with Crippen molar-refractivity contribution < 1.29 is 4.74 Å². The molecule has 32 heavy (non-hydrogen) atoms. The maximum atomic E-state index is 6.32. The van der Waals surface area contributed by atoms with Gasteiger partial charge in [-0.3, -0.25) is 4.40 Å². The van der Waals surface area contributed by atoms with Crippen LogP contribution in [0.3, 0.4) is 0 Å². The lowest BCUT2D eigenvalue weighted by molar-refractivity contribution is 0.194. The molecule has 2 N–H and O–H groups in total. The van der Waals surface area contributed by atoms with Crippen LogP contribution in [0.25, 0.3) is 16.8 Å². The molecule has 1 aliphatic rings. The molecule has 4 aromatic rings. The van der Waals surface area contributed by atoms with Crippen LogP contribution >= 0.6 is 0 Å². The molecule has 0 atom stereocenters. The molecule has 0 unspecified atom stereocenters. The van der Waals surface area contributed by atoms with E-state index in [4.69, 9.17) is 15.5 Å². The SMILES string of the molecule is CN(C)C[C@H]1C[C@@H](c2nc(-c3cccc(OCc4ccccc4)c3)c3c(N)nccn32)C1. The van der Waals surface area contributed by atoms with Crippen LogP contribution in [0.4, 0.5) is 5.82 Å². The Balaban J connectivity index is 1.44. The second kappa shape index (κ2) is 8.63. The highest BCUT2D eigenvalue weighted by Gasteiger charge is 2.34. The molecule has 2 aromatic carbocycles. The van der Waals surface area contributed by atoms with E-state index in [1.807, 2.05) is 42.6 Å². The first-order chi connectivity index (χ1) is 15.6. The van der Waals surface area contributed by atoms with E-state index in [1.54, 1.807) is 6.20 Å². The zero-order valence-electron chi connectivity index (χ0n) is 18.6. The summed E-state index contributed by atoms with van der Waals surface area (Å²) < 4.78 is 8.18. The first-order valence-electron chi connectivity index (χ1n) is 11.1. The predicted octanol–water partition coefficient (Wildman–Crippen LogP) is 4.61. The minimum absolute atomic E-state index is 0.445. The maximum Gasteiger partial charge on any atom is 0.150 e. The third kappa shape index (κ3) is 4.06. The number of fused-ring (bicyclic) bond motifs is 1. The summed E-state index contributed by atoms with van der Waals surface area (Å²) in [6, 6.07) is 18.3. The molecule has 0 radical (unpaired) electrons. The Kier molecular flexibility index (Phi) is 5.53. The molecule has 0 bridgehead atoms. The number of hydrogen-bond acceptors (Lipinski definition) is 5. The summed E-state index contributed by atoms with van der Waals surface area (Å²) in [5, 5.41) is 0. The van der Waals surface area contributed by atoms with E-state index in [1.165, 1.54) is 0 Å². The fourth-order valence-corrected chi connectivity index (χ4v) is 4.66. The quantitative estimate of drug-likeness (QED) is 0.466. The molecule has 164 valence electrons. The van der Waals surface area contributed by atoms with E-state index in [2.05, 4.69) is 46.6 Å². The van der Waals surface area contributed by atoms with Gasteiger partial charge >= 0.3 is 0 Å². The van der Waals surface area contributed by atoms with Gasteiger partial charge in [-0.2, -0.15) is 0 Å². The predicted molar refractivity (Wildman–Crippen MR) is 128 cm³/mol. The smallest absolute Gasteiger partial charge is 0.150 e. The van der Waals surface area contributed by atoms with Crippen molar-refractivity contribution >= 4 is 11.3 Å². The fraction of sp³-hybridized carbons (Fsp3) is 0.308. The van der Waals surface area contributed by atoms with Crippen LogP contribution in [-0.4, -0.2) is 39.9 Å². The monoisotopic (exact) mass is 427 g/mol. The van der Waals surface area contributed by atoms with Gasteiger partial charge in [-0.1, -0.05) is 42.5 Å². The number of nitrogen functional groups attached to an aromatic ring is 1. The second-order valence-electron chi connectivity index (χ2n) is 8.95. The van der Waals surface area contributed by atoms with Crippen LogP contribution in [0, 0.1) is 5.92 Å². The standard InChI is InChI=1S/C26H29N5O/c1-30(2)16-19-13-21(14-19)26-29-23(24-25(27)28-11-12-31(24)26)20-9-6-10-22(15-20)32-17-18-7-4-3-5-8-18/h3-12,15,19,21H,13-14,16-17H2,1-2H3,(H2,27,28)/t19-,21+. The molecule has 1 aliphatic carbocycles. The Morgan fingerprint density at radius 1 is 1.09 bits per heavy atom. The van der Waals surface area contributed by atoms with Crippen molar-refractivity contribution in [1.29, 1.82) is 0 Å². The number of anilines is 1. The van der Waals surface area contributed by atoms with Crippen LogP contribution in [0.2, 0.25) is 0 Å². The summed E-state index contributed by atoms with van der Waals surface area (Å²) in [5.41, 5.74) is 10.2. The molecule has 0 amide bonds. The normalized spacial score (nSPS) is 18.1. The average molecular weight is 428 g/mol. The molecule has 1 fully saturated rings. The molecule has 0 spiro atoms. The van der Waals surface area contributed by atoms with Gasteiger partial charge in [0.2, 0.25) is 0 Å². The summed E-state index contributed by atoms with van der Waals surface area (Å²) in [6.45, 7) is 1.65. The lowest BCUT2D eigenvalue weighted by Crippen LogP contribution is -2.32. The Morgan fingerprint density at radius 3 is 2.69 bits per heavy atom. The number of ether oxygens (including phenoxy) is 1. The number of nitrogens with zero attached hydrogens (tertiary/aromatic N) is 4. The minimum atomic E-state index is 0.445. The Hall–Kier alpha value is -3.38. The lowest BCUT2D eigenvalue weighted by atomic mass is 9.74.